The van der Waals surface area contributed by atoms with Crippen LogP contribution in [-0.2, 0) is 0 Å². The number of ether oxygens (including phenoxy) is 1. The molecule has 0 saturated heterocycles. The quantitative estimate of drug-likeness (QED) is 0.763. The number of hydrogen-bond donors (Lipinski definition) is 0. The summed E-state index contributed by atoms with van der Waals surface area (Å²) in [5.41, 5.74) is 0.135. The fraction of sp³-hybridized carbons (Fsp3) is 0.0714. The third-order valence-electron chi connectivity index (χ3n) is 2.43. The zero-order valence-electron chi connectivity index (χ0n) is 9.91. The zero-order chi connectivity index (χ0) is 14.0. The minimum absolute atomic E-state index is 0.135. The van der Waals surface area contributed by atoms with E-state index in [1.54, 1.807) is 0 Å². The molecule has 19 heavy (non-hydrogen) atoms. The van der Waals surface area contributed by atoms with Gasteiger partial charge in [0, 0.05) is 0 Å². The van der Waals surface area contributed by atoms with E-state index in [2.05, 4.69) is 15.9 Å². The lowest BCUT2D eigenvalue weighted by Crippen LogP contribution is -1.98. The maximum absolute atomic E-state index is 13.1. The van der Waals surface area contributed by atoms with Crippen molar-refractivity contribution in [1.29, 1.82) is 0 Å². The summed E-state index contributed by atoms with van der Waals surface area (Å²) in [6.45, 7) is 1.32. The van der Waals surface area contributed by atoms with Crippen molar-refractivity contribution in [2.45, 2.75) is 6.92 Å². The molecule has 0 radical (unpaired) electrons. The van der Waals surface area contributed by atoms with Crippen LogP contribution in [0.4, 0.5) is 8.78 Å². The molecule has 0 aromatic heterocycles. The zero-order valence-corrected chi connectivity index (χ0v) is 11.5. The van der Waals surface area contributed by atoms with Crippen LogP contribution in [0.3, 0.4) is 0 Å². The summed E-state index contributed by atoms with van der Waals surface area (Å²) in [5, 5.41) is 0. The average Bonchev–Trinajstić information content (AvgIpc) is 2.34. The van der Waals surface area contributed by atoms with E-state index in [1.165, 1.54) is 37.3 Å². The smallest absolute Gasteiger partial charge is 0.163 e. The molecule has 2 aromatic carbocycles. The maximum atomic E-state index is 13.1. The van der Waals surface area contributed by atoms with Gasteiger partial charge in [0.2, 0.25) is 0 Å². The molecule has 0 aliphatic carbocycles. The molecule has 98 valence electrons. The minimum Gasteiger partial charge on any atom is -0.455 e. The Morgan fingerprint density at radius 2 is 1.63 bits per heavy atom. The molecule has 0 aliphatic rings. The first kappa shape index (κ1) is 13.7. The van der Waals surface area contributed by atoms with E-state index in [0.29, 0.717) is 10.2 Å². The first-order valence-electron chi connectivity index (χ1n) is 5.41. The van der Waals surface area contributed by atoms with Crippen LogP contribution < -0.4 is 4.74 Å². The van der Waals surface area contributed by atoms with Crippen molar-refractivity contribution in [3.63, 3.8) is 0 Å². The van der Waals surface area contributed by atoms with Gasteiger partial charge < -0.3 is 4.74 Å². The van der Waals surface area contributed by atoms with Gasteiger partial charge in [0.05, 0.1) is 10.0 Å². The second-order valence-corrected chi connectivity index (χ2v) is 4.73. The highest BCUT2D eigenvalue weighted by atomic mass is 79.9. The molecule has 0 atom stereocenters. The van der Waals surface area contributed by atoms with E-state index in [0.717, 1.165) is 6.07 Å². The Bertz CT molecular complexity index is 641. The van der Waals surface area contributed by atoms with Crippen molar-refractivity contribution in [2.75, 3.05) is 0 Å². The first-order chi connectivity index (χ1) is 8.97. The third kappa shape index (κ3) is 3.17. The van der Waals surface area contributed by atoms with Crippen molar-refractivity contribution in [2.24, 2.45) is 0 Å². The van der Waals surface area contributed by atoms with Gasteiger partial charge in [-0.15, -0.1) is 0 Å². The number of halogens is 3. The Kier molecular flexibility index (Phi) is 3.95. The predicted octanol–water partition coefficient (Wildman–Crippen LogP) is 4.72. The fourth-order valence-electron chi connectivity index (χ4n) is 1.54. The monoisotopic (exact) mass is 326 g/mol. The van der Waals surface area contributed by atoms with E-state index >= 15 is 0 Å². The molecule has 0 unspecified atom stereocenters. The molecular weight excluding hydrogens is 318 g/mol. The standard InChI is InChI=1S/C14H9BrF2O2/c1-8(18)11-6-9(16)2-4-13(11)19-14-5-3-10(17)7-12(14)15/h2-7H,1H3. The molecule has 2 aromatic rings. The van der Waals surface area contributed by atoms with Crippen LogP contribution in [0.25, 0.3) is 0 Å². The van der Waals surface area contributed by atoms with Crippen LogP contribution in [0.2, 0.25) is 0 Å². The molecule has 0 amide bonds. The lowest BCUT2D eigenvalue weighted by Gasteiger charge is -2.11. The topological polar surface area (TPSA) is 26.3 Å². The Hall–Kier alpha value is -1.75. The van der Waals surface area contributed by atoms with Crippen LogP contribution >= 0.6 is 15.9 Å². The molecular formula is C14H9BrF2O2. The van der Waals surface area contributed by atoms with Crippen LogP contribution in [0.5, 0.6) is 11.5 Å². The Morgan fingerprint density at radius 3 is 2.21 bits per heavy atom. The van der Waals surface area contributed by atoms with Crippen molar-refractivity contribution in [3.05, 3.63) is 58.1 Å². The minimum atomic E-state index is -0.518. The molecule has 2 rings (SSSR count). The Balaban J connectivity index is 2.40. The molecule has 0 fully saturated rings. The Morgan fingerprint density at radius 1 is 1.05 bits per heavy atom. The van der Waals surface area contributed by atoms with Gasteiger partial charge in [0.25, 0.3) is 0 Å². The fourth-order valence-corrected chi connectivity index (χ4v) is 1.97. The molecule has 0 saturated carbocycles. The van der Waals surface area contributed by atoms with E-state index < -0.39 is 11.6 Å². The van der Waals surface area contributed by atoms with Crippen LogP contribution in [0.1, 0.15) is 17.3 Å². The van der Waals surface area contributed by atoms with Crippen molar-refractivity contribution >= 4 is 21.7 Å². The van der Waals surface area contributed by atoms with Gasteiger partial charge in [-0.05, 0) is 59.3 Å². The molecule has 0 bridgehead atoms. The molecule has 5 heteroatoms. The molecule has 0 heterocycles. The number of hydrogen-bond acceptors (Lipinski definition) is 2. The lowest BCUT2D eigenvalue weighted by molar-refractivity contribution is 0.101. The number of carbonyl (C=O) groups is 1. The summed E-state index contributed by atoms with van der Waals surface area (Å²) in [6, 6.07) is 7.56. The molecule has 0 spiro atoms. The molecule has 2 nitrogen and oxygen atoms in total. The summed E-state index contributed by atoms with van der Waals surface area (Å²) in [5.74, 6) is -0.676. The highest BCUT2D eigenvalue weighted by Gasteiger charge is 2.12. The lowest BCUT2D eigenvalue weighted by atomic mass is 10.1. The second kappa shape index (κ2) is 5.48. The number of carbonyl (C=O) groups excluding carboxylic acids is 1. The number of ketones is 1. The van der Waals surface area contributed by atoms with Gasteiger partial charge >= 0.3 is 0 Å². The van der Waals surface area contributed by atoms with Gasteiger partial charge in [-0.2, -0.15) is 0 Å². The van der Waals surface area contributed by atoms with E-state index in [9.17, 15) is 13.6 Å². The Labute approximate surface area is 117 Å². The van der Waals surface area contributed by atoms with Crippen molar-refractivity contribution in [3.8, 4) is 11.5 Å². The summed E-state index contributed by atoms with van der Waals surface area (Å²) < 4.78 is 32.0. The van der Waals surface area contributed by atoms with Crippen LogP contribution in [-0.4, -0.2) is 5.78 Å². The largest absolute Gasteiger partial charge is 0.455 e. The van der Waals surface area contributed by atoms with E-state index in [4.69, 9.17) is 4.74 Å². The summed E-state index contributed by atoms with van der Waals surface area (Å²) in [7, 11) is 0. The van der Waals surface area contributed by atoms with Gasteiger partial charge in [-0.1, -0.05) is 0 Å². The maximum Gasteiger partial charge on any atom is 0.163 e. The van der Waals surface area contributed by atoms with Gasteiger partial charge in [-0.3, -0.25) is 4.79 Å². The normalized spacial score (nSPS) is 10.3. The second-order valence-electron chi connectivity index (χ2n) is 3.87. The van der Waals surface area contributed by atoms with E-state index in [-0.39, 0.29) is 17.1 Å². The van der Waals surface area contributed by atoms with Gasteiger partial charge in [0.1, 0.15) is 23.1 Å². The van der Waals surface area contributed by atoms with Crippen molar-refractivity contribution in [1.82, 2.24) is 0 Å². The number of benzene rings is 2. The predicted molar refractivity (Wildman–Crippen MR) is 70.6 cm³/mol. The molecule has 0 N–H and O–H groups in total. The highest BCUT2D eigenvalue weighted by Crippen LogP contribution is 2.32. The van der Waals surface area contributed by atoms with E-state index in [1.807, 2.05) is 0 Å². The van der Waals surface area contributed by atoms with Crippen LogP contribution in [0, 0.1) is 11.6 Å². The van der Waals surface area contributed by atoms with Gasteiger partial charge in [-0.25, -0.2) is 8.78 Å². The van der Waals surface area contributed by atoms with Crippen molar-refractivity contribution < 1.29 is 18.3 Å². The third-order valence-corrected chi connectivity index (χ3v) is 3.05. The summed E-state index contributed by atoms with van der Waals surface area (Å²) >= 11 is 3.16. The summed E-state index contributed by atoms with van der Waals surface area (Å²) in [4.78, 5) is 11.4. The average molecular weight is 327 g/mol. The number of Topliss-reactive ketones (excluding diaryl/α,β-unsaturated/α-hetero) is 1. The SMILES string of the molecule is CC(=O)c1cc(F)ccc1Oc1ccc(F)cc1Br. The molecule has 0 aliphatic heterocycles. The van der Waals surface area contributed by atoms with Crippen LogP contribution in [0.15, 0.2) is 40.9 Å². The highest BCUT2D eigenvalue weighted by molar-refractivity contribution is 9.10. The summed E-state index contributed by atoms with van der Waals surface area (Å²) in [6.07, 6.45) is 0. The van der Waals surface area contributed by atoms with Gasteiger partial charge in [0.15, 0.2) is 5.78 Å². The first-order valence-corrected chi connectivity index (χ1v) is 6.20. The number of rotatable bonds is 3.